The molecule has 1 aliphatic rings. The molecule has 0 aliphatic heterocycles. The van der Waals surface area contributed by atoms with Crippen LogP contribution in [0.15, 0.2) is 0 Å². The van der Waals surface area contributed by atoms with Crippen LogP contribution in [0.1, 0.15) is 32.6 Å². The fraction of sp³-hybridized carbons (Fsp3) is 0.889. The van der Waals surface area contributed by atoms with E-state index < -0.39 is 17.6 Å². The normalized spacial score (nSPS) is 37.0. The highest BCUT2D eigenvalue weighted by atomic mass is 16.4. The summed E-state index contributed by atoms with van der Waals surface area (Å²) in [6.45, 7) is 1.68. The Kier molecular flexibility index (Phi) is 2.93. The molecular weight excluding hydrogens is 170 g/mol. The highest BCUT2D eigenvalue weighted by molar-refractivity contribution is 5.73. The van der Waals surface area contributed by atoms with Crippen molar-refractivity contribution in [1.29, 1.82) is 0 Å². The molecule has 76 valence electrons. The van der Waals surface area contributed by atoms with Gasteiger partial charge in [-0.1, -0.05) is 12.8 Å². The Hall–Kier alpha value is -0.610. The molecule has 0 radical (unpaired) electrons. The van der Waals surface area contributed by atoms with Crippen molar-refractivity contribution in [2.45, 2.75) is 44.2 Å². The Morgan fingerprint density at radius 3 is 2.69 bits per heavy atom. The Morgan fingerprint density at radius 1 is 1.62 bits per heavy atom. The van der Waals surface area contributed by atoms with Crippen molar-refractivity contribution in [2.24, 2.45) is 11.7 Å². The molecule has 0 amide bonds. The molecular formula is C9H17NO3. The van der Waals surface area contributed by atoms with Crippen LogP contribution in [-0.4, -0.2) is 27.8 Å². The summed E-state index contributed by atoms with van der Waals surface area (Å²) >= 11 is 0. The summed E-state index contributed by atoms with van der Waals surface area (Å²) in [4.78, 5) is 10.7. The predicted molar refractivity (Wildman–Crippen MR) is 48.2 cm³/mol. The summed E-state index contributed by atoms with van der Waals surface area (Å²) < 4.78 is 0. The maximum Gasteiger partial charge on any atom is 0.320 e. The third kappa shape index (κ3) is 2.19. The van der Waals surface area contributed by atoms with Crippen molar-refractivity contribution in [3.8, 4) is 0 Å². The van der Waals surface area contributed by atoms with Crippen molar-refractivity contribution < 1.29 is 15.0 Å². The van der Waals surface area contributed by atoms with Gasteiger partial charge in [0.25, 0.3) is 0 Å². The molecule has 1 unspecified atom stereocenters. The average Bonchev–Trinajstić information content (AvgIpc) is 2.02. The highest BCUT2D eigenvalue weighted by Crippen LogP contribution is 2.34. The lowest BCUT2D eigenvalue weighted by atomic mass is 9.73. The SMILES string of the molecule is C[C@@]1(O)CCCC[C@H]1C(N)C(=O)O. The lowest BCUT2D eigenvalue weighted by Gasteiger charge is -2.38. The quantitative estimate of drug-likeness (QED) is 0.582. The van der Waals surface area contributed by atoms with Gasteiger partial charge < -0.3 is 15.9 Å². The van der Waals surface area contributed by atoms with Crippen LogP contribution < -0.4 is 5.73 Å². The van der Waals surface area contributed by atoms with Gasteiger partial charge in [-0.15, -0.1) is 0 Å². The van der Waals surface area contributed by atoms with E-state index in [2.05, 4.69) is 0 Å². The van der Waals surface area contributed by atoms with Gasteiger partial charge >= 0.3 is 5.97 Å². The fourth-order valence-corrected chi connectivity index (χ4v) is 2.08. The number of hydrogen-bond donors (Lipinski definition) is 3. The summed E-state index contributed by atoms with van der Waals surface area (Å²) in [7, 11) is 0. The molecule has 0 aromatic heterocycles. The number of nitrogens with two attached hydrogens (primary N) is 1. The van der Waals surface area contributed by atoms with Gasteiger partial charge in [-0.25, -0.2) is 0 Å². The van der Waals surface area contributed by atoms with Crippen LogP contribution >= 0.6 is 0 Å². The second kappa shape index (κ2) is 3.64. The van der Waals surface area contributed by atoms with Gasteiger partial charge in [-0.3, -0.25) is 4.79 Å². The fourth-order valence-electron chi connectivity index (χ4n) is 2.08. The first-order chi connectivity index (χ1) is 5.95. The number of carbonyl (C=O) groups is 1. The van der Waals surface area contributed by atoms with E-state index in [1.807, 2.05) is 0 Å². The lowest BCUT2D eigenvalue weighted by Crippen LogP contribution is -2.51. The van der Waals surface area contributed by atoms with Gasteiger partial charge in [-0.05, 0) is 19.8 Å². The molecule has 0 spiro atoms. The maximum atomic E-state index is 10.7. The third-order valence-corrected chi connectivity index (χ3v) is 2.97. The topological polar surface area (TPSA) is 83.5 Å². The van der Waals surface area contributed by atoms with Crippen LogP contribution in [-0.2, 0) is 4.79 Å². The number of aliphatic hydroxyl groups is 1. The average molecular weight is 187 g/mol. The minimum atomic E-state index is -1.02. The molecule has 3 atom stereocenters. The second-order valence-corrected chi connectivity index (χ2v) is 4.07. The number of aliphatic carboxylic acids is 1. The standard InChI is InChI=1S/C9H17NO3/c1-9(13)5-3-2-4-6(9)7(10)8(11)12/h6-7,13H,2-5,10H2,1H3,(H,11,12)/t6-,7?,9+/m0/s1. The summed E-state index contributed by atoms with van der Waals surface area (Å²) in [5.74, 6) is -1.33. The van der Waals surface area contributed by atoms with Gasteiger partial charge in [0.1, 0.15) is 6.04 Å². The van der Waals surface area contributed by atoms with E-state index in [4.69, 9.17) is 10.8 Å². The van der Waals surface area contributed by atoms with E-state index in [1.54, 1.807) is 6.92 Å². The first-order valence-electron chi connectivity index (χ1n) is 4.66. The zero-order valence-corrected chi connectivity index (χ0v) is 7.86. The molecule has 1 saturated carbocycles. The van der Waals surface area contributed by atoms with Crippen LogP contribution in [0.4, 0.5) is 0 Å². The smallest absolute Gasteiger partial charge is 0.320 e. The van der Waals surface area contributed by atoms with Crippen molar-refractivity contribution in [3.63, 3.8) is 0 Å². The Morgan fingerprint density at radius 2 is 2.23 bits per heavy atom. The van der Waals surface area contributed by atoms with Gasteiger partial charge in [0.05, 0.1) is 5.60 Å². The molecule has 1 aliphatic carbocycles. The van der Waals surface area contributed by atoms with Crippen molar-refractivity contribution in [2.75, 3.05) is 0 Å². The van der Waals surface area contributed by atoms with Crippen LogP contribution in [0.5, 0.6) is 0 Å². The summed E-state index contributed by atoms with van der Waals surface area (Å²) in [6, 6.07) is -0.935. The summed E-state index contributed by atoms with van der Waals surface area (Å²) in [6.07, 6.45) is 3.27. The Bertz CT molecular complexity index is 203. The highest BCUT2D eigenvalue weighted by Gasteiger charge is 2.40. The maximum absolute atomic E-state index is 10.7. The van der Waals surface area contributed by atoms with Crippen molar-refractivity contribution in [3.05, 3.63) is 0 Å². The molecule has 0 bridgehead atoms. The van der Waals surface area contributed by atoms with Crippen molar-refractivity contribution in [1.82, 2.24) is 0 Å². The van der Waals surface area contributed by atoms with Crippen molar-refractivity contribution >= 4 is 5.97 Å². The molecule has 0 aromatic carbocycles. The number of hydrogen-bond acceptors (Lipinski definition) is 3. The zero-order valence-electron chi connectivity index (χ0n) is 7.86. The minimum absolute atomic E-state index is 0.307. The van der Waals surface area contributed by atoms with Gasteiger partial charge in [0, 0.05) is 5.92 Å². The molecule has 13 heavy (non-hydrogen) atoms. The Labute approximate surface area is 77.7 Å². The van der Waals surface area contributed by atoms with Crippen LogP contribution in [0, 0.1) is 5.92 Å². The summed E-state index contributed by atoms with van der Waals surface area (Å²) in [5, 5.41) is 18.6. The lowest BCUT2D eigenvalue weighted by molar-refractivity contribution is -0.144. The van der Waals surface area contributed by atoms with E-state index >= 15 is 0 Å². The molecule has 4 N–H and O–H groups in total. The molecule has 1 rings (SSSR count). The molecule has 4 heteroatoms. The predicted octanol–water partition coefficient (Wildman–Crippen LogP) is 0.339. The van der Waals surface area contributed by atoms with Crippen LogP contribution in [0.2, 0.25) is 0 Å². The van der Waals surface area contributed by atoms with E-state index in [9.17, 15) is 9.90 Å². The van der Waals surface area contributed by atoms with E-state index in [0.29, 0.717) is 12.8 Å². The molecule has 0 heterocycles. The minimum Gasteiger partial charge on any atom is -0.480 e. The molecule has 1 fully saturated rings. The third-order valence-electron chi connectivity index (χ3n) is 2.97. The monoisotopic (exact) mass is 187 g/mol. The van der Waals surface area contributed by atoms with E-state index in [0.717, 1.165) is 12.8 Å². The molecule has 0 saturated heterocycles. The number of carboxylic acids is 1. The Balaban J connectivity index is 2.70. The molecule has 4 nitrogen and oxygen atoms in total. The number of carboxylic acid groups (broad SMARTS) is 1. The van der Waals surface area contributed by atoms with E-state index in [-0.39, 0.29) is 5.92 Å². The second-order valence-electron chi connectivity index (χ2n) is 4.07. The van der Waals surface area contributed by atoms with Gasteiger partial charge in [0.2, 0.25) is 0 Å². The van der Waals surface area contributed by atoms with Crippen LogP contribution in [0.3, 0.4) is 0 Å². The van der Waals surface area contributed by atoms with Crippen LogP contribution in [0.25, 0.3) is 0 Å². The first kappa shape index (κ1) is 10.5. The largest absolute Gasteiger partial charge is 0.480 e. The number of rotatable bonds is 2. The van der Waals surface area contributed by atoms with Gasteiger partial charge in [0.15, 0.2) is 0 Å². The van der Waals surface area contributed by atoms with E-state index in [1.165, 1.54) is 0 Å². The first-order valence-corrected chi connectivity index (χ1v) is 4.66. The van der Waals surface area contributed by atoms with Gasteiger partial charge in [-0.2, -0.15) is 0 Å². The molecule has 0 aromatic rings. The summed E-state index contributed by atoms with van der Waals surface area (Å²) in [5.41, 5.74) is 4.60. The zero-order chi connectivity index (χ0) is 10.1.